The molecule has 1 aliphatic rings. The highest BCUT2D eigenvalue weighted by molar-refractivity contribution is 5.79. The summed E-state index contributed by atoms with van der Waals surface area (Å²) in [6, 6.07) is 2.07. The molecule has 0 unspecified atom stereocenters. The summed E-state index contributed by atoms with van der Waals surface area (Å²) >= 11 is 0. The van der Waals surface area contributed by atoms with Gasteiger partial charge in [0.25, 0.3) is 0 Å². The number of carbonyl (C=O) groups excluding carboxylic acids is 1. The smallest absolute Gasteiger partial charge is 0.237 e. The molecule has 1 aliphatic carbocycles. The number of hydrazine groups is 1. The lowest BCUT2D eigenvalue weighted by molar-refractivity contribution is -0.116. The van der Waals surface area contributed by atoms with Crippen LogP contribution in [0.15, 0.2) is 6.07 Å². The van der Waals surface area contributed by atoms with Gasteiger partial charge in [0, 0.05) is 18.0 Å². The summed E-state index contributed by atoms with van der Waals surface area (Å²) in [6.07, 6.45) is 4.45. The van der Waals surface area contributed by atoms with Gasteiger partial charge in [-0.15, -0.1) is 0 Å². The number of hydrogen-bond acceptors (Lipinski definition) is 6. The van der Waals surface area contributed by atoms with E-state index in [1.807, 2.05) is 18.7 Å². The lowest BCUT2D eigenvalue weighted by Crippen LogP contribution is -2.41. The minimum Gasteiger partial charge on any atom is -0.368 e. The van der Waals surface area contributed by atoms with Crippen molar-refractivity contribution < 1.29 is 4.79 Å². The van der Waals surface area contributed by atoms with Gasteiger partial charge in [-0.25, -0.2) is 15.8 Å². The van der Waals surface area contributed by atoms with Crippen molar-refractivity contribution in [3.05, 3.63) is 11.9 Å². The normalized spacial score (nSPS) is 15.4. The second-order valence-corrected chi connectivity index (χ2v) is 5.80. The van der Waals surface area contributed by atoms with E-state index in [4.69, 9.17) is 11.6 Å². The first-order valence-corrected chi connectivity index (χ1v) is 7.41. The Morgan fingerprint density at radius 2 is 2.10 bits per heavy atom. The number of nitrogens with one attached hydrogen (secondary N) is 1. The number of aromatic nitrogens is 2. The van der Waals surface area contributed by atoms with Gasteiger partial charge in [0.05, 0.1) is 6.54 Å². The zero-order valence-corrected chi connectivity index (χ0v) is 12.7. The van der Waals surface area contributed by atoms with Gasteiger partial charge in [-0.2, -0.15) is 0 Å². The van der Waals surface area contributed by atoms with E-state index in [0.29, 0.717) is 23.5 Å². The molecule has 2 rings (SSSR count). The Balaban J connectivity index is 2.37. The number of hydrogen-bond donors (Lipinski definition) is 3. The van der Waals surface area contributed by atoms with Gasteiger partial charge in [-0.3, -0.25) is 4.79 Å². The Morgan fingerprint density at radius 3 is 2.62 bits per heavy atom. The van der Waals surface area contributed by atoms with Crippen molar-refractivity contribution in [2.75, 3.05) is 16.9 Å². The second kappa shape index (κ2) is 6.71. The molecule has 7 heteroatoms. The number of rotatable bonds is 6. The third-order valence-electron chi connectivity index (χ3n) is 3.78. The van der Waals surface area contributed by atoms with E-state index in [-0.39, 0.29) is 18.4 Å². The SMILES string of the molecule is CC(C)c1nc(NN)cc(N(CC(N)=O)C2CCCC2)n1. The quantitative estimate of drug-likeness (QED) is 0.535. The lowest BCUT2D eigenvalue weighted by Gasteiger charge is -2.29. The molecule has 7 nitrogen and oxygen atoms in total. The first-order valence-electron chi connectivity index (χ1n) is 7.41. The van der Waals surface area contributed by atoms with Gasteiger partial charge in [0.2, 0.25) is 5.91 Å². The molecular weight excluding hydrogens is 268 g/mol. The Hall–Kier alpha value is -1.89. The zero-order valence-electron chi connectivity index (χ0n) is 12.7. The molecule has 21 heavy (non-hydrogen) atoms. The van der Waals surface area contributed by atoms with Crippen LogP contribution in [-0.2, 0) is 4.79 Å². The van der Waals surface area contributed by atoms with Gasteiger partial charge in [0.1, 0.15) is 17.5 Å². The molecule has 5 N–H and O–H groups in total. The van der Waals surface area contributed by atoms with Crippen molar-refractivity contribution in [1.29, 1.82) is 0 Å². The average molecular weight is 292 g/mol. The highest BCUT2D eigenvalue weighted by atomic mass is 16.1. The van der Waals surface area contributed by atoms with Crippen LogP contribution in [0.2, 0.25) is 0 Å². The van der Waals surface area contributed by atoms with E-state index in [1.54, 1.807) is 6.07 Å². The number of nitrogens with zero attached hydrogens (tertiary/aromatic N) is 3. The molecule has 116 valence electrons. The van der Waals surface area contributed by atoms with Crippen molar-refractivity contribution in [3.8, 4) is 0 Å². The maximum atomic E-state index is 11.4. The van der Waals surface area contributed by atoms with E-state index in [0.717, 1.165) is 12.8 Å². The standard InChI is InChI=1S/C14H24N6O/c1-9(2)14-17-12(19-16)7-13(18-14)20(8-11(15)21)10-5-3-4-6-10/h7,9-10H,3-6,8,16H2,1-2H3,(H2,15,21)(H,17,18,19). The molecule has 1 saturated carbocycles. The summed E-state index contributed by atoms with van der Waals surface area (Å²) in [5.74, 6) is 7.29. The maximum Gasteiger partial charge on any atom is 0.237 e. The third-order valence-corrected chi connectivity index (χ3v) is 3.78. The van der Waals surface area contributed by atoms with Crippen molar-refractivity contribution in [2.24, 2.45) is 11.6 Å². The highest BCUT2D eigenvalue weighted by Crippen LogP contribution is 2.28. The summed E-state index contributed by atoms with van der Waals surface area (Å²) in [5, 5.41) is 0. The van der Waals surface area contributed by atoms with Crippen LogP contribution in [0, 0.1) is 0 Å². The Morgan fingerprint density at radius 1 is 1.43 bits per heavy atom. The number of anilines is 2. The molecule has 0 bridgehead atoms. The van der Waals surface area contributed by atoms with Crippen molar-refractivity contribution in [3.63, 3.8) is 0 Å². The van der Waals surface area contributed by atoms with E-state index in [1.165, 1.54) is 12.8 Å². The third kappa shape index (κ3) is 3.81. The minimum absolute atomic E-state index is 0.170. The molecule has 0 saturated heterocycles. The Kier molecular flexibility index (Phi) is 4.95. The molecule has 1 aromatic rings. The average Bonchev–Trinajstić information content (AvgIpc) is 2.97. The molecule has 1 amide bonds. The first kappa shape index (κ1) is 15.5. The van der Waals surface area contributed by atoms with Crippen LogP contribution in [0.5, 0.6) is 0 Å². The molecule has 0 atom stereocenters. The molecule has 0 radical (unpaired) electrons. The fourth-order valence-corrected chi connectivity index (χ4v) is 2.71. The topological polar surface area (TPSA) is 110 Å². The monoisotopic (exact) mass is 292 g/mol. The largest absolute Gasteiger partial charge is 0.368 e. The fraction of sp³-hybridized carbons (Fsp3) is 0.643. The summed E-state index contributed by atoms with van der Waals surface area (Å²) < 4.78 is 0. The van der Waals surface area contributed by atoms with Crippen LogP contribution >= 0.6 is 0 Å². The summed E-state index contributed by atoms with van der Waals surface area (Å²) in [7, 11) is 0. The Bertz CT molecular complexity index is 498. The van der Waals surface area contributed by atoms with E-state index in [9.17, 15) is 4.79 Å². The molecule has 1 fully saturated rings. The molecular formula is C14H24N6O. The predicted octanol–water partition coefficient (Wildman–Crippen LogP) is 1.12. The van der Waals surface area contributed by atoms with Crippen LogP contribution in [0.25, 0.3) is 0 Å². The molecule has 0 spiro atoms. The minimum atomic E-state index is -0.353. The Labute approximate surface area is 125 Å². The number of nitrogens with two attached hydrogens (primary N) is 2. The predicted molar refractivity (Wildman–Crippen MR) is 82.7 cm³/mol. The van der Waals surface area contributed by atoms with Gasteiger partial charge in [-0.05, 0) is 12.8 Å². The lowest BCUT2D eigenvalue weighted by atomic mass is 10.2. The van der Waals surface area contributed by atoms with Gasteiger partial charge < -0.3 is 16.1 Å². The van der Waals surface area contributed by atoms with E-state index >= 15 is 0 Å². The number of amides is 1. The maximum absolute atomic E-state index is 11.4. The first-order chi connectivity index (χ1) is 10.0. The summed E-state index contributed by atoms with van der Waals surface area (Å²) in [6.45, 7) is 4.21. The van der Waals surface area contributed by atoms with Gasteiger partial charge in [0.15, 0.2) is 0 Å². The van der Waals surface area contributed by atoms with Crippen LogP contribution in [-0.4, -0.2) is 28.5 Å². The highest BCUT2D eigenvalue weighted by Gasteiger charge is 2.26. The summed E-state index contributed by atoms with van der Waals surface area (Å²) in [5.41, 5.74) is 7.97. The number of nitrogen functional groups attached to an aromatic ring is 1. The van der Waals surface area contributed by atoms with Crippen molar-refractivity contribution >= 4 is 17.5 Å². The van der Waals surface area contributed by atoms with Crippen LogP contribution in [0.4, 0.5) is 11.6 Å². The molecule has 1 heterocycles. The van der Waals surface area contributed by atoms with Crippen molar-refractivity contribution in [2.45, 2.75) is 51.5 Å². The van der Waals surface area contributed by atoms with E-state index < -0.39 is 0 Å². The summed E-state index contributed by atoms with van der Waals surface area (Å²) in [4.78, 5) is 22.3. The van der Waals surface area contributed by atoms with Gasteiger partial charge >= 0.3 is 0 Å². The number of carbonyl (C=O) groups is 1. The zero-order chi connectivity index (χ0) is 15.4. The number of primary amides is 1. The van der Waals surface area contributed by atoms with Crippen LogP contribution in [0.1, 0.15) is 51.3 Å². The molecule has 0 aromatic carbocycles. The van der Waals surface area contributed by atoms with Gasteiger partial charge in [-0.1, -0.05) is 26.7 Å². The van der Waals surface area contributed by atoms with E-state index in [2.05, 4.69) is 15.4 Å². The van der Waals surface area contributed by atoms with Crippen molar-refractivity contribution in [1.82, 2.24) is 9.97 Å². The second-order valence-electron chi connectivity index (χ2n) is 5.80. The van der Waals surface area contributed by atoms with Crippen LogP contribution < -0.4 is 21.9 Å². The molecule has 0 aliphatic heterocycles. The van der Waals surface area contributed by atoms with Crippen LogP contribution in [0.3, 0.4) is 0 Å². The molecule has 1 aromatic heterocycles. The fourth-order valence-electron chi connectivity index (χ4n) is 2.71.